The van der Waals surface area contributed by atoms with Crippen LogP contribution in [-0.4, -0.2) is 44.3 Å². The Bertz CT molecular complexity index is 436. The van der Waals surface area contributed by atoms with Crippen molar-refractivity contribution in [3.8, 4) is 11.5 Å². The molecule has 2 heterocycles. The van der Waals surface area contributed by atoms with Gasteiger partial charge in [-0.3, -0.25) is 4.90 Å². The number of likely N-dealkylation sites (tertiary alicyclic amines) is 1. The highest BCUT2D eigenvalue weighted by atomic mass is 16.5. The lowest BCUT2D eigenvalue weighted by Gasteiger charge is -2.17. The fourth-order valence-electron chi connectivity index (χ4n) is 2.78. The Balaban J connectivity index is 1.67. The van der Waals surface area contributed by atoms with E-state index < -0.39 is 0 Å². The number of nitrogens with zero attached hydrogens (tertiary/aromatic N) is 1. The van der Waals surface area contributed by atoms with Crippen molar-refractivity contribution in [2.75, 3.05) is 33.4 Å². The van der Waals surface area contributed by atoms with Crippen molar-refractivity contribution >= 4 is 0 Å². The number of ether oxygens (including phenoxy) is 2. The van der Waals surface area contributed by atoms with Crippen LogP contribution in [0.5, 0.6) is 11.5 Å². The van der Waals surface area contributed by atoms with E-state index in [1.807, 2.05) is 13.1 Å². The highest BCUT2D eigenvalue weighted by Gasteiger charge is 2.21. The minimum atomic E-state index is 0.639. The van der Waals surface area contributed by atoms with Crippen LogP contribution in [0.2, 0.25) is 0 Å². The summed E-state index contributed by atoms with van der Waals surface area (Å²) in [5.74, 6) is 1.79. The van der Waals surface area contributed by atoms with Gasteiger partial charge in [-0.15, -0.1) is 0 Å². The van der Waals surface area contributed by atoms with E-state index in [-0.39, 0.29) is 0 Å². The van der Waals surface area contributed by atoms with E-state index in [4.69, 9.17) is 9.47 Å². The Hall–Kier alpha value is -1.26. The summed E-state index contributed by atoms with van der Waals surface area (Å²) < 4.78 is 11.4. The smallest absolute Gasteiger partial charge is 0.161 e. The first-order valence-electron chi connectivity index (χ1n) is 7.13. The first-order chi connectivity index (χ1) is 9.35. The third kappa shape index (κ3) is 3.01. The summed E-state index contributed by atoms with van der Waals surface area (Å²) in [6, 6.07) is 6.97. The second kappa shape index (κ2) is 5.80. The number of benzene rings is 1. The van der Waals surface area contributed by atoms with Gasteiger partial charge in [0.05, 0.1) is 13.2 Å². The van der Waals surface area contributed by atoms with Crippen LogP contribution >= 0.6 is 0 Å². The Morgan fingerprint density at radius 1 is 1.26 bits per heavy atom. The lowest BCUT2D eigenvalue weighted by atomic mass is 10.2. The van der Waals surface area contributed by atoms with Gasteiger partial charge in [0.1, 0.15) is 0 Å². The first-order valence-corrected chi connectivity index (χ1v) is 7.13. The molecule has 19 heavy (non-hydrogen) atoms. The van der Waals surface area contributed by atoms with Gasteiger partial charge >= 0.3 is 0 Å². The second-order valence-corrected chi connectivity index (χ2v) is 5.34. The van der Waals surface area contributed by atoms with Gasteiger partial charge in [-0.1, -0.05) is 6.07 Å². The fraction of sp³-hybridized carbons (Fsp3) is 0.600. The van der Waals surface area contributed by atoms with Gasteiger partial charge in [-0.05, 0) is 31.2 Å². The molecule has 0 aliphatic carbocycles. The van der Waals surface area contributed by atoms with Crippen molar-refractivity contribution in [2.45, 2.75) is 25.4 Å². The van der Waals surface area contributed by atoms with Crippen molar-refractivity contribution in [3.05, 3.63) is 23.8 Å². The zero-order valence-electron chi connectivity index (χ0n) is 11.5. The molecule has 2 aliphatic rings. The predicted octanol–water partition coefficient (Wildman–Crippen LogP) is 1.64. The van der Waals surface area contributed by atoms with E-state index in [9.17, 15) is 0 Å². The van der Waals surface area contributed by atoms with E-state index >= 15 is 0 Å². The Morgan fingerprint density at radius 2 is 2.11 bits per heavy atom. The van der Waals surface area contributed by atoms with E-state index in [0.29, 0.717) is 6.04 Å². The first kappa shape index (κ1) is 12.8. The standard InChI is InChI=1S/C15H22N2O2/c1-16-13-5-6-17(11-13)10-12-3-4-14-15(9-12)19-8-2-7-18-14/h3-4,9,13,16H,2,5-8,10-11H2,1H3. The zero-order chi connectivity index (χ0) is 13.1. The molecule has 1 saturated heterocycles. The molecule has 2 aliphatic heterocycles. The van der Waals surface area contributed by atoms with Crippen LogP contribution in [0, 0.1) is 0 Å². The van der Waals surface area contributed by atoms with E-state index in [0.717, 1.165) is 44.2 Å². The molecule has 4 heteroatoms. The maximum absolute atomic E-state index is 5.74. The van der Waals surface area contributed by atoms with Crippen LogP contribution < -0.4 is 14.8 Å². The molecular weight excluding hydrogens is 240 g/mol. The normalized spacial score (nSPS) is 23.3. The number of hydrogen-bond donors (Lipinski definition) is 1. The van der Waals surface area contributed by atoms with Gasteiger partial charge in [0.25, 0.3) is 0 Å². The number of hydrogen-bond acceptors (Lipinski definition) is 4. The minimum Gasteiger partial charge on any atom is -0.490 e. The van der Waals surface area contributed by atoms with Crippen molar-refractivity contribution in [2.24, 2.45) is 0 Å². The maximum Gasteiger partial charge on any atom is 0.161 e. The molecule has 0 amide bonds. The Morgan fingerprint density at radius 3 is 2.89 bits per heavy atom. The molecule has 0 spiro atoms. The third-order valence-electron chi connectivity index (χ3n) is 3.90. The molecule has 104 valence electrons. The number of rotatable bonds is 3. The SMILES string of the molecule is CNC1CCN(Cc2ccc3c(c2)OCCCO3)C1. The summed E-state index contributed by atoms with van der Waals surface area (Å²) in [5.41, 5.74) is 1.31. The van der Waals surface area contributed by atoms with Gasteiger partial charge in [0, 0.05) is 32.1 Å². The van der Waals surface area contributed by atoms with Crippen molar-refractivity contribution in [1.29, 1.82) is 0 Å². The average molecular weight is 262 g/mol. The van der Waals surface area contributed by atoms with Crippen LogP contribution in [0.25, 0.3) is 0 Å². The van der Waals surface area contributed by atoms with Crippen LogP contribution in [0.15, 0.2) is 18.2 Å². The van der Waals surface area contributed by atoms with Crippen molar-refractivity contribution in [3.63, 3.8) is 0 Å². The third-order valence-corrected chi connectivity index (χ3v) is 3.90. The summed E-state index contributed by atoms with van der Waals surface area (Å²) in [6.07, 6.45) is 2.20. The molecule has 1 unspecified atom stereocenters. The van der Waals surface area contributed by atoms with Crippen LogP contribution in [0.1, 0.15) is 18.4 Å². The quantitative estimate of drug-likeness (QED) is 0.898. The summed E-state index contributed by atoms with van der Waals surface area (Å²) in [6.45, 7) is 4.80. The molecule has 3 rings (SSSR count). The van der Waals surface area contributed by atoms with Gasteiger partial charge < -0.3 is 14.8 Å². The Labute approximate surface area is 114 Å². The molecule has 1 atom stereocenters. The highest BCUT2D eigenvalue weighted by molar-refractivity contribution is 5.43. The lowest BCUT2D eigenvalue weighted by Crippen LogP contribution is -2.29. The average Bonchev–Trinajstić information content (AvgIpc) is 2.75. The summed E-state index contributed by atoms with van der Waals surface area (Å²) in [5, 5.41) is 3.35. The van der Waals surface area contributed by atoms with E-state index in [2.05, 4.69) is 22.3 Å². The molecule has 1 aromatic carbocycles. The number of likely N-dealkylation sites (N-methyl/N-ethyl adjacent to an activating group) is 1. The molecule has 0 bridgehead atoms. The second-order valence-electron chi connectivity index (χ2n) is 5.34. The van der Waals surface area contributed by atoms with Gasteiger partial charge in [-0.25, -0.2) is 0 Å². The van der Waals surface area contributed by atoms with E-state index in [1.165, 1.54) is 18.5 Å². The van der Waals surface area contributed by atoms with Crippen LogP contribution in [0.3, 0.4) is 0 Å². The lowest BCUT2D eigenvalue weighted by molar-refractivity contribution is 0.296. The summed E-state index contributed by atoms with van der Waals surface area (Å²) >= 11 is 0. The van der Waals surface area contributed by atoms with Crippen LogP contribution in [0.4, 0.5) is 0 Å². The Kier molecular flexibility index (Phi) is 3.89. The van der Waals surface area contributed by atoms with Crippen molar-refractivity contribution in [1.82, 2.24) is 10.2 Å². The molecule has 0 aromatic heterocycles. The van der Waals surface area contributed by atoms with Gasteiger partial charge in [-0.2, -0.15) is 0 Å². The molecular formula is C15H22N2O2. The summed E-state index contributed by atoms with van der Waals surface area (Å²) in [4.78, 5) is 2.49. The molecule has 1 aromatic rings. The molecule has 0 radical (unpaired) electrons. The van der Waals surface area contributed by atoms with E-state index in [1.54, 1.807) is 0 Å². The topological polar surface area (TPSA) is 33.7 Å². The monoisotopic (exact) mass is 262 g/mol. The summed E-state index contributed by atoms with van der Waals surface area (Å²) in [7, 11) is 2.04. The maximum atomic E-state index is 5.74. The number of nitrogens with one attached hydrogen (secondary N) is 1. The predicted molar refractivity (Wildman–Crippen MR) is 74.8 cm³/mol. The zero-order valence-corrected chi connectivity index (χ0v) is 11.5. The van der Waals surface area contributed by atoms with Crippen LogP contribution in [-0.2, 0) is 6.54 Å². The highest BCUT2D eigenvalue weighted by Crippen LogP contribution is 2.31. The molecule has 0 saturated carbocycles. The molecule has 1 fully saturated rings. The molecule has 4 nitrogen and oxygen atoms in total. The minimum absolute atomic E-state index is 0.639. The fourth-order valence-corrected chi connectivity index (χ4v) is 2.78. The van der Waals surface area contributed by atoms with Crippen molar-refractivity contribution < 1.29 is 9.47 Å². The van der Waals surface area contributed by atoms with Gasteiger partial charge in [0.15, 0.2) is 11.5 Å². The molecule has 1 N–H and O–H groups in total. The van der Waals surface area contributed by atoms with Gasteiger partial charge in [0.2, 0.25) is 0 Å². The largest absolute Gasteiger partial charge is 0.490 e. The number of fused-ring (bicyclic) bond motifs is 1.